The molecule has 138 valence electrons. The second kappa shape index (κ2) is 8.19. The Morgan fingerprint density at radius 2 is 1.92 bits per heavy atom. The number of aromatic amines is 1. The van der Waals surface area contributed by atoms with Gasteiger partial charge in [-0.25, -0.2) is 4.79 Å². The van der Waals surface area contributed by atoms with Gasteiger partial charge in [-0.2, -0.15) is 0 Å². The van der Waals surface area contributed by atoms with Gasteiger partial charge in [-0.1, -0.05) is 17.7 Å². The third kappa shape index (κ3) is 4.52. The van der Waals surface area contributed by atoms with Crippen molar-refractivity contribution in [2.75, 3.05) is 6.61 Å². The van der Waals surface area contributed by atoms with Crippen molar-refractivity contribution in [2.24, 2.45) is 0 Å². The fourth-order valence-electron chi connectivity index (χ4n) is 2.71. The summed E-state index contributed by atoms with van der Waals surface area (Å²) in [7, 11) is 0. The average molecular weight is 378 g/mol. The molecule has 2 aromatic rings. The van der Waals surface area contributed by atoms with Crippen LogP contribution in [0.4, 0.5) is 0 Å². The van der Waals surface area contributed by atoms with Crippen molar-refractivity contribution in [1.82, 2.24) is 4.98 Å². The quantitative estimate of drug-likeness (QED) is 0.587. The third-order valence-corrected chi connectivity index (χ3v) is 4.10. The van der Waals surface area contributed by atoms with Gasteiger partial charge in [0.1, 0.15) is 5.75 Å². The molecule has 7 heteroatoms. The third-order valence-electron chi connectivity index (χ3n) is 3.87. The highest BCUT2D eigenvalue weighted by molar-refractivity contribution is 6.30. The molecule has 2 rings (SSSR count). The van der Waals surface area contributed by atoms with E-state index in [9.17, 15) is 14.4 Å². The summed E-state index contributed by atoms with van der Waals surface area (Å²) >= 11 is 5.84. The minimum Gasteiger partial charge on any atom is -0.482 e. The molecule has 0 spiro atoms. The van der Waals surface area contributed by atoms with Crippen LogP contribution in [0.15, 0.2) is 24.3 Å². The first-order valence-electron chi connectivity index (χ1n) is 8.02. The number of hydrogen-bond donors (Lipinski definition) is 1. The monoisotopic (exact) mass is 377 g/mol. The summed E-state index contributed by atoms with van der Waals surface area (Å²) < 4.78 is 10.4. The van der Waals surface area contributed by atoms with E-state index in [4.69, 9.17) is 21.1 Å². The summed E-state index contributed by atoms with van der Waals surface area (Å²) in [5.74, 6) is -0.794. The lowest BCUT2D eigenvalue weighted by molar-refractivity contribution is -0.148. The second-order valence-electron chi connectivity index (χ2n) is 5.92. The Morgan fingerprint density at radius 1 is 1.23 bits per heavy atom. The summed E-state index contributed by atoms with van der Waals surface area (Å²) in [6.45, 7) is 5.97. The number of hydrogen-bond acceptors (Lipinski definition) is 5. The van der Waals surface area contributed by atoms with Gasteiger partial charge in [0.2, 0.25) is 5.78 Å². The zero-order valence-corrected chi connectivity index (χ0v) is 15.8. The zero-order valence-electron chi connectivity index (χ0n) is 15.0. The van der Waals surface area contributed by atoms with Crippen LogP contribution in [0.2, 0.25) is 5.02 Å². The number of esters is 1. The molecule has 0 fully saturated rings. The van der Waals surface area contributed by atoms with E-state index >= 15 is 0 Å². The van der Waals surface area contributed by atoms with Crippen LogP contribution in [-0.4, -0.2) is 35.2 Å². The molecule has 26 heavy (non-hydrogen) atoms. The number of aryl methyl sites for hydroxylation is 1. The molecule has 0 bridgehead atoms. The van der Waals surface area contributed by atoms with Gasteiger partial charge in [0.25, 0.3) is 0 Å². The molecule has 1 atom stereocenters. The first-order chi connectivity index (χ1) is 12.2. The van der Waals surface area contributed by atoms with Gasteiger partial charge in [0.15, 0.2) is 18.5 Å². The second-order valence-corrected chi connectivity index (χ2v) is 6.36. The molecule has 0 unspecified atom stereocenters. The van der Waals surface area contributed by atoms with Crippen LogP contribution in [0.1, 0.15) is 46.0 Å². The molecular weight excluding hydrogens is 358 g/mol. The topological polar surface area (TPSA) is 85.5 Å². The molecule has 1 aromatic heterocycles. The maximum atomic E-state index is 12.5. The number of ketones is 2. The summed E-state index contributed by atoms with van der Waals surface area (Å²) in [5, 5.41) is 0.485. The highest BCUT2D eigenvalue weighted by Crippen LogP contribution is 2.21. The molecule has 0 aliphatic rings. The highest BCUT2D eigenvalue weighted by Gasteiger charge is 2.26. The summed E-state index contributed by atoms with van der Waals surface area (Å²) in [4.78, 5) is 39.0. The number of carbonyl (C=O) groups excluding carboxylic acids is 3. The molecule has 0 aliphatic carbocycles. The van der Waals surface area contributed by atoms with E-state index in [0.717, 1.165) is 0 Å². The molecule has 0 saturated heterocycles. The van der Waals surface area contributed by atoms with Crippen molar-refractivity contribution in [3.63, 3.8) is 0 Å². The van der Waals surface area contributed by atoms with Crippen molar-refractivity contribution in [3.8, 4) is 5.75 Å². The largest absolute Gasteiger partial charge is 0.482 e. The molecule has 1 heterocycles. The van der Waals surface area contributed by atoms with Crippen LogP contribution in [0.3, 0.4) is 0 Å². The Labute approximate surface area is 156 Å². The average Bonchev–Trinajstić information content (AvgIpc) is 2.86. The number of nitrogens with one attached hydrogen (secondary N) is 1. The van der Waals surface area contributed by atoms with E-state index in [1.807, 2.05) is 0 Å². The lowest BCUT2D eigenvalue weighted by Crippen LogP contribution is -2.28. The number of rotatable bonds is 7. The molecule has 0 amide bonds. The van der Waals surface area contributed by atoms with Crippen molar-refractivity contribution < 1.29 is 23.9 Å². The van der Waals surface area contributed by atoms with Gasteiger partial charge in [-0.05, 0) is 51.5 Å². The number of H-pyrrole nitrogens is 1. The Balaban J connectivity index is 1.99. The summed E-state index contributed by atoms with van der Waals surface area (Å²) in [6.07, 6.45) is -1.01. The number of carbonyl (C=O) groups is 3. The van der Waals surface area contributed by atoms with Crippen molar-refractivity contribution in [3.05, 3.63) is 51.8 Å². The van der Waals surface area contributed by atoms with Crippen LogP contribution < -0.4 is 4.74 Å². The Bertz CT molecular complexity index is 856. The van der Waals surface area contributed by atoms with Gasteiger partial charge in [-0.15, -0.1) is 0 Å². The molecule has 1 aromatic carbocycles. The van der Waals surface area contributed by atoms with E-state index < -0.39 is 17.9 Å². The van der Waals surface area contributed by atoms with Gasteiger partial charge in [0.05, 0.1) is 5.69 Å². The first-order valence-corrected chi connectivity index (χ1v) is 8.40. The molecule has 1 N–H and O–H groups in total. The van der Waals surface area contributed by atoms with Crippen molar-refractivity contribution in [1.29, 1.82) is 0 Å². The number of Topliss-reactive ketones (excluding diaryl/α,β-unsaturated/α-hetero) is 2. The number of ether oxygens (including phenoxy) is 2. The van der Waals surface area contributed by atoms with E-state index in [0.29, 0.717) is 27.6 Å². The van der Waals surface area contributed by atoms with Crippen molar-refractivity contribution >= 4 is 29.1 Å². The normalized spacial score (nSPS) is 11.7. The first kappa shape index (κ1) is 19.7. The zero-order chi connectivity index (χ0) is 19.4. The smallest absolute Gasteiger partial charge is 0.344 e. The van der Waals surface area contributed by atoms with E-state index in [1.165, 1.54) is 13.8 Å². The molecule has 0 aliphatic heterocycles. The van der Waals surface area contributed by atoms with E-state index in [2.05, 4.69) is 4.98 Å². The minimum atomic E-state index is -1.01. The maximum absolute atomic E-state index is 12.5. The Kier molecular flexibility index (Phi) is 6.21. The number of benzene rings is 1. The lowest BCUT2D eigenvalue weighted by Gasteiger charge is -2.13. The van der Waals surface area contributed by atoms with Gasteiger partial charge in [0, 0.05) is 16.3 Å². The molecule has 6 nitrogen and oxygen atoms in total. The molecule has 0 radical (unpaired) electrons. The summed E-state index contributed by atoms with van der Waals surface area (Å²) in [6, 6.07) is 6.60. The Hall–Kier alpha value is -2.60. The van der Waals surface area contributed by atoms with Gasteiger partial charge < -0.3 is 14.5 Å². The van der Waals surface area contributed by atoms with E-state index in [-0.39, 0.29) is 18.1 Å². The Morgan fingerprint density at radius 3 is 2.50 bits per heavy atom. The SMILES string of the molecule is CC(=O)c1c(C)[nH]c(C(=O)[C@@H](C)OC(=O)COc2cccc(Cl)c2)c1C. The fraction of sp³-hybridized carbons (Fsp3) is 0.316. The van der Waals surface area contributed by atoms with Crippen LogP contribution in [0.25, 0.3) is 0 Å². The number of aromatic nitrogens is 1. The van der Waals surface area contributed by atoms with Crippen LogP contribution in [0, 0.1) is 13.8 Å². The maximum Gasteiger partial charge on any atom is 0.344 e. The van der Waals surface area contributed by atoms with Crippen molar-refractivity contribution in [2.45, 2.75) is 33.8 Å². The molecular formula is C19H20ClNO5. The predicted octanol–water partition coefficient (Wildman–Crippen LogP) is 3.68. The standard InChI is InChI=1S/C19H20ClNO5/c1-10-17(12(3)22)11(2)21-18(10)19(24)13(4)26-16(23)9-25-15-7-5-6-14(20)8-15/h5-8,13,21H,9H2,1-4H3/t13-/m1/s1. The lowest BCUT2D eigenvalue weighted by atomic mass is 10.0. The van der Waals surface area contributed by atoms with E-state index in [1.54, 1.807) is 38.1 Å². The van der Waals surface area contributed by atoms with Crippen LogP contribution >= 0.6 is 11.6 Å². The van der Waals surface area contributed by atoms with Gasteiger partial charge >= 0.3 is 5.97 Å². The highest BCUT2D eigenvalue weighted by atomic mass is 35.5. The van der Waals surface area contributed by atoms with Crippen LogP contribution in [0.5, 0.6) is 5.75 Å². The van der Waals surface area contributed by atoms with Crippen LogP contribution in [-0.2, 0) is 9.53 Å². The summed E-state index contributed by atoms with van der Waals surface area (Å²) in [5.41, 5.74) is 1.92. The number of halogens is 1. The minimum absolute atomic E-state index is 0.130. The van der Waals surface area contributed by atoms with Gasteiger partial charge in [-0.3, -0.25) is 9.59 Å². The predicted molar refractivity (Wildman–Crippen MR) is 97.1 cm³/mol. The fourth-order valence-corrected chi connectivity index (χ4v) is 2.89. The molecule has 0 saturated carbocycles.